The van der Waals surface area contributed by atoms with E-state index < -0.39 is 0 Å². The number of fused-ring (bicyclic) bond motifs is 1. The van der Waals surface area contributed by atoms with Crippen LogP contribution < -0.4 is 10.1 Å². The number of ether oxygens (including phenoxy) is 1. The van der Waals surface area contributed by atoms with Gasteiger partial charge in [0.25, 0.3) is 0 Å². The lowest BCUT2D eigenvalue weighted by Crippen LogP contribution is -2.02. The van der Waals surface area contributed by atoms with Crippen LogP contribution in [0.25, 0.3) is 5.65 Å². The average molecular weight is 273 g/mol. The van der Waals surface area contributed by atoms with Crippen molar-refractivity contribution in [2.24, 2.45) is 0 Å². The third-order valence-corrected chi connectivity index (χ3v) is 2.75. The van der Waals surface area contributed by atoms with E-state index in [0.29, 0.717) is 24.0 Å². The molecule has 3 aromatic rings. The molecule has 0 aliphatic heterocycles. The van der Waals surface area contributed by atoms with Gasteiger partial charge in [-0.1, -0.05) is 0 Å². The monoisotopic (exact) mass is 273 g/mol. The summed E-state index contributed by atoms with van der Waals surface area (Å²) in [5, 5.41) is 7.21. The molecule has 0 saturated carbocycles. The number of pyridine rings is 2. The van der Waals surface area contributed by atoms with Gasteiger partial charge in [0.05, 0.1) is 13.3 Å². The van der Waals surface area contributed by atoms with Gasteiger partial charge in [-0.05, 0) is 23.8 Å². The first-order valence-corrected chi connectivity index (χ1v) is 5.99. The van der Waals surface area contributed by atoms with Crippen molar-refractivity contribution in [3.63, 3.8) is 0 Å². The minimum Gasteiger partial charge on any atom is -0.481 e. The quantitative estimate of drug-likeness (QED) is 0.786. The second kappa shape index (κ2) is 5.12. The van der Waals surface area contributed by atoms with Gasteiger partial charge in [0.2, 0.25) is 11.8 Å². The molecular formula is C13H12FN5O. The van der Waals surface area contributed by atoms with E-state index >= 15 is 0 Å². The second-order valence-electron chi connectivity index (χ2n) is 4.15. The molecule has 0 aliphatic rings. The number of aromatic nitrogens is 4. The Morgan fingerprint density at radius 2 is 2.25 bits per heavy atom. The Bertz CT molecular complexity index is 742. The molecule has 1 N–H and O–H groups in total. The van der Waals surface area contributed by atoms with Crippen LogP contribution in [-0.2, 0) is 6.54 Å². The van der Waals surface area contributed by atoms with Crippen LogP contribution in [0.5, 0.6) is 5.88 Å². The van der Waals surface area contributed by atoms with Crippen LogP contribution in [-0.4, -0.2) is 26.7 Å². The maximum Gasteiger partial charge on any atom is 0.243 e. The van der Waals surface area contributed by atoms with E-state index in [1.54, 1.807) is 19.4 Å². The highest BCUT2D eigenvalue weighted by atomic mass is 19.1. The van der Waals surface area contributed by atoms with Crippen LogP contribution >= 0.6 is 0 Å². The Morgan fingerprint density at radius 3 is 3.10 bits per heavy atom. The summed E-state index contributed by atoms with van der Waals surface area (Å²) in [5.74, 6) is 0.633. The normalized spacial score (nSPS) is 10.7. The number of hydrogen-bond acceptors (Lipinski definition) is 5. The fourth-order valence-electron chi connectivity index (χ4n) is 1.79. The Labute approximate surface area is 114 Å². The summed E-state index contributed by atoms with van der Waals surface area (Å²) in [7, 11) is 1.57. The molecule has 3 aromatic heterocycles. The van der Waals surface area contributed by atoms with Crippen molar-refractivity contribution in [3.8, 4) is 5.88 Å². The lowest BCUT2D eigenvalue weighted by molar-refractivity contribution is 0.397. The number of anilines is 1. The second-order valence-corrected chi connectivity index (χ2v) is 4.15. The predicted octanol–water partition coefficient (Wildman–Crippen LogP) is 1.88. The topological polar surface area (TPSA) is 64.3 Å². The van der Waals surface area contributed by atoms with Crippen molar-refractivity contribution >= 4 is 11.6 Å². The van der Waals surface area contributed by atoms with Crippen molar-refractivity contribution in [2.45, 2.75) is 6.54 Å². The van der Waals surface area contributed by atoms with Crippen LogP contribution in [0.4, 0.5) is 10.3 Å². The Balaban J connectivity index is 1.76. The summed E-state index contributed by atoms with van der Waals surface area (Å²) in [6.07, 6.45) is 2.95. The van der Waals surface area contributed by atoms with E-state index in [9.17, 15) is 4.39 Å². The molecule has 0 saturated heterocycles. The highest BCUT2D eigenvalue weighted by Crippen LogP contribution is 2.11. The highest BCUT2D eigenvalue weighted by molar-refractivity contribution is 5.43. The molecule has 0 aliphatic carbocycles. The molecule has 0 aromatic carbocycles. The van der Waals surface area contributed by atoms with Gasteiger partial charge in [-0.15, -0.1) is 5.10 Å². The summed E-state index contributed by atoms with van der Waals surface area (Å²) in [4.78, 5) is 8.27. The Morgan fingerprint density at radius 1 is 1.35 bits per heavy atom. The van der Waals surface area contributed by atoms with Crippen LogP contribution in [0.15, 0.2) is 36.7 Å². The molecular weight excluding hydrogens is 261 g/mol. The van der Waals surface area contributed by atoms with Gasteiger partial charge in [0, 0.05) is 18.8 Å². The zero-order valence-corrected chi connectivity index (χ0v) is 10.7. The van der Waals surface area contributed by atoms with Gasteiger partial charge in [-0.25, -0.2) is 13.9 Å². The minimum absolute atomic E-state index is 0.354. The number of halogens is 1. The van der Waals surface area contributed by atoms with E-state index in [1.165, 1.54) is 16.8 Å². The molecule has 0 unspecified atom stereocenters. The molecule has 0 bridgehead atoms. The summed E-state index contributed by atoms with van der Waals surface area (Å²) in [6, 6.07) is 6.61. The van der Waals surface area contributed by atoms with E-state index in [1.807, 2.05) is 12.1 Å². The molecule has 7 heteroatoms. The molecule has 3 rings (SSSR count). The minimum atomic E-state index is -0.354. The third kappa shape index (κ3) is 2.51. The lowest BCUT2D eigenvalue weighted by Gasteiger charge is -2.03. The smallest absolute Gasteiger partial charge is 0.243 e. The van der Waals surface area contributed by atoms with Crippen LogP contribution in [0.2, 0.25) is 0 Å². The maximum absolute atomic E-state index is 13.1. The molecule has 20 heavy (non-hydrogen) atoms. The summed E-state index contributed by atoms with van der Waals surface area (Å²) in [5.41, 5.74) is 1.57. The number of nitrogens with zero attached hydrogens (tertiary/aromatic N) is 4. The average Bonchev–Trinajstić information content (AvgIpc) is 2.87. The van der Waals surface area contributed by atoms with Gasteiger partial charge < -0.3 is 10.1 Å². The van der Waals surface area contributed by atoms with E-state index in [2.05, 4.69) is 20.4 Å². The van der Waals surface area contributed by atoms with E-state index in [4.69, 9.17) is 4.74 Å². The van der Waals surface area contributed by atoms with Crippen LogP contribution in [0.1, 0.15) is 5.56 Å². The van der Waals surface area contributed by atoms with Crippen molar-refractivity contribution in [1.29, 1.82) is 0 Å². The standard InChI is InChI=1S/C13H12FN5O/c1-20-12-6-9(4-5-15-12)7-16-13-17-11-3-2-10(14)8-19(11)18-13/h2-6,8H,7H2,1H3,(H,16,18). The first-order valence-electron chi connectivity index (χ1n) is 5.99. The van der Waals surface area contributed by atoms with Crippen molar-refractivity contribution < 1.29 is 9.13 Å². The SMILES string of the molecule is COc1cc(CNc2nc3ccc(F)cn3n2)ccn1. The van der Waals surface area contributed by atoms with Gasteiger partial charge in [0.1, 0.15) is 5.82 Å². The van der Waals surface area contributed by atoms with Crippen molar-refractivity contribution in [2.75, 3.05) is 12.4 Å². The number of rotatable bonds is 4. The lowest BCUT2D eigenvalue weighted by atomic mass is 10.2. The zero-order valence-electron chi connectivity index (χ0n) is 10.7. The molecule has 3 heterocycles. The first kappa shape index (κ1) is 12.3. The van der Waals surface area contributed by atoms with Crippen LogP contribution in [0.3, 0.4) is 0 Å². The molecule has 0 amide bonds. The molecule has 102 valence electrons. The van der Waals surface area contributed by atoms with Gasteiger partial charge in [-0.2, -0.15) is 4.98 Å². The zero-order chi connectivity index (χ0) is 13.9. The number of methoxy groups -OCH3 is 1. The molecule has 0 spiro atoms. The molecule has 6 nitrogen and oxygen atoms in total. The third-order valence-electron chi connectivity index (χ3n) is 2.75. The van der Waals surface area contributed by atoms with E-state index in [0.717, 1.165) is 5.56 Å². The van der Waals surface area contributed by atoms with E-state index in [-0.39, 0.29) is 5.82 Å². The Hall–Kier alpha value is -2.70. The fourth-order valence-corrected chi connectivity index (χ4v) is 1.79. The largest absolute Gasteiger partial charge is 0.481 e. The molecule has 0 fully saturated rings. The molecule has 0 atom stereocenters. The summed E-state index contributed by atoms with van der Waals surface area (Å²) >= 11 is 0. The van der Waals surface area contributed by atoms with Gasteiger partial charge in [0.15, 0.2) is 5.65 Å². The summed E-state index contributed by atoms with van der Waals surface area (Å²) in [6.45, 7) is 0.526. The first-order chi connectivity index (χ1) is 9.74. The van der Waals surface area contributed by atoms with Gasteiger partial charge in [-0.3, -0.25) is 0 Å². The predicted molar refractivity (Wildman–Crippen MR) is 71.1 cm³/mol. The highest BCUT2D eigenvalue weighted by Gasteiger charge is 2.04. The fraction of sp³-hybridized carbons (Fsp3) is 0.154. The maximum atomic E-state index is 13.1. The van der Waals surface area contributed by atoms with Crippen molar-refractivity contribution in [3.05, 3.63) is 48.0 Å². The molecule has 0 radical (unpaired) electrons. The van der Waals surface area contributed by atoms with Gasteiger partial charge >= 0.3 is 0 Å². The summed E-state index contributed by atoms with van der Waals surface area (Å²) < 4.78 is 19.5. The number of hydrogen-bond donors (Lipinski definition) is 1. The Kier molecular flexibility index (Phi) is 3.16. The number of nitrogens with one attached hydrogen (secondary N) is 1. The van der Waals surface area contributed by atoms with Crippen molar-refractivity contribution in [1.82, 2.24) is 19.6 Å². The van der Waals surface area contributed by atoms with Crippen LogP contribution in [0, 0.1) is 5.82 Å².